The lowest BCUT2D eigenvalue weighted by molar-refractivity contribution is -0.190. The number of amides is 4. The highest BCUT2D eigenvalue weighted by Gasteiger charge is 2.51. The summed E-state index contributed by atoms with van der Waals surface area (Å²) in [6, 6.07) is 13.3. The van der Waals surface area contributed by atoms with Crippen LogP contribution in [0.4, 0.5) is 9.18 Å². The number of terminal acetylenes is 1. The molecule has 0 aromatic heterocycles. The smallest absolute Gasteiger partial charge is 0.334 e. The molecule has 2 N–H and O–H groups in total. The molecule has 2 aliphatic heterocycles. The Kier molecular flexibility index (Phi) is 9.31. The molecule has 0 aliphatic carbocycles. The van der Waals surface area contributed by atoms with Crippen molar-refractivity contribution in [1.82, 2.24) is 25.1 Å². The Hall–Kier alpha value is -4.47. The van der Waals surface area contributed by atoms with Crippen LogP contribution in [0.1, 0.15) is 17.5 Å². The van der Waals surface area contributed by atoms with E-state index in [9.17, 15) is 28.7 Å². The second-order valence-electron chi connectivity index (χ2n) is 9.38. The largest absolute Gasteiger partial charge is 0.481 e. The molecule has 2 saturated heterocycles. The van der Waals surface area contributed by atoms with Gasteiger partial charge in [0.15, 0.2) is 0 Å². The molecule has 2 aromatic carbocycles. The molecule has 2 atom stereocenters. The van der Waals surface area contributed by atoms with E-state index in [-0.39, 0.29) is 45.9 Å². The van der Waals surface area contributed by atoms with Gasteiger partial charge in [-0.3, -0.25) is 14.4 Å². The molecular weight excluding hydrogens is 521 g/mol. The Morgan fingerprint density at radius 2 is 1.88 bits per heavy atom. The normalized spacial score (nSPS) is 19.2. The molecule has 2 fully saturated rings. The van der Waals surface area contributed by atoms with E-state index in [1.807, 2.05) is 30.3 Å². The van der Waals surface area contributed by atoms with Crippen LogP contribution >= 0.6 is 0 Å². The fourth-order valence-corrected chi connectivity index (χ4v) is 4.85. The van der Waals surface area contributed by atoms with Crippen molar-refractivity contribution in [3.63, 3.8) is 0 Å². The van der Waals surface area contributed by atoms with E-state index in [1.54, 1.807) is 12.1 Å². The van der Waals surface area contributed by atoms with Crippen LogP contribution in [0.15, 0.2) is 54.6 Å². The predicted octanol–water partition coefficient (Wildman–Crippen LogP) is 1.26. The number of piperazine rings is 1. The van der Waals surface area contributed by atoms with Crippen LogP contribution in [0.2, 0.25) is 0 Å². The first kappa shape index (κ1) is 28.5. The molecule has 0 saturated carbocycles. The standard InChI is InChI=1S/C28H30FN5O6/c1-2-11-32-18-25(35)33-23(15-26(36)37)27(38)31(12-13-40-19-21-9-6-10-22(29)14-21)17-24(33)34(32)28(39)30-16-20-7-4-3-5-8-20/h1,3-10,14,23-24H,11-13,15-19H2,(H,30,39)(H,36,37)/t23-,24-/m0/s1. The number of hydrogen-bond donors (Lipinski definition) is 2. The summed E-state index contributed by atoms with van der Waals surface area (Å²) in [5.74, 6) is -0.274. The molecule has 40 heavy (non-hydrogen) atoms. The number of hydrazine groups is 1. The van der Waals surface area contributed by atoms with Crippen molar-refractivity contribution in [1.29, 1.82) is 0 Å². The van der Waals surface area contributed by atoms with Crippen LogP contribution in [-0.2, 0) is 32.3 Å². The maximum absolute atomic E-state index is 13.5. The molecule has 0 unspecified atom stereocenters. The van der Waals surface area contributed by atoms with Crippen molar-refractivity contribution in [3.05, 3.63) is 71.5 Å². The highest BCUT2D eigenvalue weighted by atomic mass is 19.1. The average molecular weight is 552 g/mol. The second kappa shape index (κ2) is 13.1. The maximum atomic E-state index is 13.5. The van der Waals surface area contributed by atoms with Gasteiger partial charge in [0.1, 0.15) is 18.0 Å². The van der Waals surface area contributed by atoms with Gasteiger partial charge in [-0.05, 0) is 23.3 Å². The van der Waals surface area contributed by atoms with Crippen LogP contribution < -0.4 is 5.32 Å². The minimum absolute atomic E-state index is 0.0525. The molecule has 0 bridgehead atoms. The molecule has 2 heterocycles. The Balaban J connectivity index is 1.53. The summed E-state index contributed by atoms with van der Waals surface area (Å²) < 4.78 is 19.1. The van der Waals surface area contributed by atoms with Gasteiger partial charge in [-0.1, -0.05) is 48.4 Å². The third kappa shape index (κ3) is 6.74. The predicted molar refractivity (Wildman–Crippen MR) is 140 cm³/mol. The third-order valence-corrected chi connectivity index (χ3v) is 6.63. The number of carboxylic acid groups (broad SMARTS) is 1. The molecule has 11 nitrogen and oxygen atoms in total. The number of hydrogen-bond acceptors (Lipinski definition) is 6. The summed E-state index contributed by atoms with van der Waals surface area (Å²) in [7, 11) is 0. The Morgan fingerprint density at radius 3 is 2.58 bits per heavy atom. The van der Waals surface area contributed by atoms with Gasteiger partial charge in [-0.25, -0.2) is 14.2 Å². The van der Waals surface area contributed by atoms with Crippen LogP contribution in [0.25, 0.3) is 0 Å². The SMILES string of the molecule is C#CCN1CC(=O)N2[C@@H](CC(=O)O)C(=O)N(CCOCc3cccc(F)c3)C[C@@H]2N1C(=O)NCc1ccccc1. The molecule has 4 rings (SSSR count). The summed E-state index contributed by atoms with van der Waals surface area (Å²) in [4.78, 5) is 54.3. The average Bonchev–Trinajstić information content (AvgIpc) is 2.92. The molecule has 0 spiro atoms. The highest BCUT2D eigenvalue weighted by Crippen LogP contribution is 2.28. The van der Waals surface area contributed by atoms with E-state index < -0.39 is 48.3 Å². The summed E-state index contributed by atoms with van der Waals surface area (Å²) >= 11 is 0. The molecule has 2 aliphatic rings. The first-order valence-electron chi connectivity index (χ1n) is 12.7. The number of carbonyl (C=O) groups is 4. The summed E-state index contributed by atoms with van der Waals surface area (Å²) in [6.45, 7) is 0.0210. The van der Waals surface area contributed by atoms with E-state index >= 15 is 0 Å². The number of urea groups is 1. The number of fused-ring (bicyclic) bond motifs is 1. The zero-order valence-electron chi connectivity index (χ0n) is 21.7. The van der Waals surface area contributed by atoms with Crippen molar-refractivity contribution >= 4 is 23.8 Å². The zero-order valence-corrected chi connectivity index (χ0v) is 21.7. The number of aliphatic carboxylic acids is 1. The van der Waals surface area contributed by atoms with Crippen molar-refractivity contribution in [3.8, 4) is 12.3 Å². The second-order valence-corrected chi connectivity index (χ2v) is 9.38. The van der Waals surface area contributed by atoms with E-state index in [0.29, 0.717) is 5.56 Å². The fourth-order valence-electron chi connectivity index (χ4n) is 4.85. The number of nitrogens with zero attached hydrogens (tertiary/aromatic N) is 4. The van der Waals surface area contributed by atoms with Gasteiger partial charge in [0.2, 0.25) is 11.8 Å². The quantitative estimate of drug-likeness (QED) is 0.337. The minimum atomic E-state index is -1.32. The first-order chi connectivity index (χ1) is 19.3. The van der Waals surface area contributed by atoms with E-state index in [2.05, 4.69) is 11.2 Å². The molecule has 4 amide bonds. The van der Waals surface area contributed by atoms with Crippen LogP contribution in [0, 0.1) is 18.2 Å². The lowest BCUT2D eigenvalue weighted by Crippen LogP contribution is -2.76. The van der Waals surface area contributed by atoms with Crippen molar-refractivity contribution < 1.29 is 33.4 Å². The van der Waals surface area contributed by atoms with Crippen molar-refractivity contribution in [2.45, 2.75) is 31.8 Å². The van der Waals surface area contributed by atoms with E-state index in [1.165, 1.54) is 32.0 Å². The van der Waals surface area contributed by atoms with E-state index in [0.717, 1.165) is 5.56 Å². The lowest BCUT2D eigenvalue weighted by Gasteiger charge is -2.54. The summed E-state index contributed by atoms with van der Waals surface area (Å²) in [5, 5.41) is 15.1. The summed E-state index contributed by atoms with van der Waals surface area (Å²) in [6.07, 6.45) is 3.91. The molecule has 12 heteroatoms. The van der Waals surface area contributed by atoms with Gasteiger partial charge in [-0.2, -0.15) is 5.01 Å². The zero-order chi connectivity index (χ0) is 28.6. The number of carboxylic acids is 1. The maximum Gasteiger partial charge on any atom is 0.334 e. The number of rotatable bonds is 10. The van der Waals surface area contributed by atoms with Crippen LogP contribution in [-0.4, -0.2) is 93.7 Å². The topological polar surface area (TPSA) is 123 Å². The monoisotopic (exact) mass is 551 g/mol. The van der Waals surface area contributed by atoms with Gasteiger partial charge in [0.25, 0.3) is 0 Å². The minimum Gasteiger partial charge on any atom is -0.481 e. The Morgan fingerprint density at radius 1 is 1.12 bits per heavy atom. The highest BCUT2D eigenvalue weighted by molar-refractivity contribution is 5.93. The number of halogens is 1. The van der Waals surface area contributed by atoms with Gasteiger partial charge < -0.3 is 25.0 Å². The van der Waals surface area contributed by atoms with Crippen molar-refractivity contribution in [2.75, 3.05) is 32.8 Å². The molecule has 0 radical (unpaired) electrons. The number of ether oxygens (including phenoxy) is 1. The molecular formula is C28H30FN5O6. The Labute approximate surface area is 231 Å². The van der Waals surface area contributed by atoms with Gasteiger partial charge in [-0.15, -0.1) is 6.42 Å². The molecule has 210 valence electrons. The molecule has 2 aromatic rings. The van der Waals surface area contributed by atoms with Crippen LogP contribution in [0.3, 0.4) is 0 Å². The van der Waals surface area contributed by atoms with Crippen LogP contribution in [0.5, 0.6) is 0 Å². The Bertz CT molecular complexity index is 1290. The van der Waals surface area contributed by atoms with E-state index in [4.69, 9.17) is 11.2 Å². The third-order valence-electron chi connectivity index (χ3n) is 6.63. The van der Waals surface area contributed by atoms with Gasteiger partial charge in [0, 0.05) is 13.1 Å². The summed E-state index contributed by atoms with van der Waals surface area (Å²) in [5.41, 5.74) is 1.47. The first-order valence-corrected chi connectivity index (χ1v) is 12.7. The number of carbonyl (C=O) groups excluding carboxylic acids is 3. The van der Waals surface area contributed by atoms with Gasteiger partial charge >= 0.3 is 12.0 Å². The lowest BCUT2D eigenvalue weighted by atomic mass is 10.0. The number of benzene rings is 2. The van der Waals surface area contributed by atoms with Gasteiger partial charge in [0.05, 0.1) is 39.3 Å². The number of nitrogens with one attached hydrogen (secondary N) is 1. The van der Waals surface area contributed by atoms with Crippen molar-refractivity contribution in [2.24, 2.45) is 0 Å². The fraction of sp³-hybridized carbons (Fsp3) is 0.357.